The largest absolute Gasteiger partial charge is 0.360 e. The van der Waals surface area contributed by atoms with Gasteiger partial charge in [-0.05, 0) is 6.07 Å². The van der Waals surface area contributed by atoms with E-state index in [2.05, 4.69) is 5.10 Å². The van der Waals surface area contributed by atoms with E-state index in [-0.39, 0.29) is 5.91 Å². The van der Waals surface area contributed by atoms with Gasteiger partial charge < -0.3 is 9.64 Å². The van der Waals surface area contributed by atoms with E-state index in [1.165, 1.54) is 4.68 Å². The van der Waals surface area contributed by atoms with E-state index < -0.39 is 6.10 Å². The number of amides is 1. The van der Waals surface area contributed by atoms with Gasteiger partial charge in [0.1, 0.15) is 5.69 Å². The van der Waals surface area contributed by atoms with Crippen LogP contribution < -0.4 is 0 Å². The Balaban J connectivity index is 2.11. The highest BCUT2D eigenvalue weighted by Gasteiger charge is 2.26. The molecule has 1 aliphatic heterocycles. The Morgan fingerprint density at radius 1 is 1.75 bits per heavy atom. The molecule has 0 saturated carbocycles. The minimum absolute atomic E-state index is 0.108. The van der Waals surface area contributed by atoms with Gasteiger partial charge in [-0.1, -0.05) is 0 Å². The number of carbonyl (C=O) groups excluding carboxylic acids is 1. The number of nitriles is 1. The van der Waals surface area contributed by atoms with Gasteiger partial charge in [-0.2, -0.15) is 10.4 Å². The summed E-state index contributed by atoms with van der Waals surface area (Å²) in [5, 5.41) is 12.7. The van der Waals surface area contributed by atoms with E-state index in [0.717, 1.165) is 0 Å². The molecular formula is C10H12N4O2. The fraction of sp³-hybridized carbons (Fsp3) is 0.500. The first-order valence-corrected chi connectivity index (χ1v) is 5.01. The number of aromatic nitrogens is 2. The molecule has 2 rings (SSSR count). The Hall–Kier alpha value is -1.87. The molecule has 0 aliphatic carbocycles. The monoisotopic (exact) mass is 220 g/mol. The summed E-state index contributed by atoms with van der Waals surface area (Å²) >= 11 is 0. The second-order valence-electron chi connectivity index (χ2n) is 3.58. The van der Waals surface area contributed by atoms with E-state index in [4.69, 9.17) is 10.00 Å². The molecular weight excluding hydrogens is 208 g/mol. The second-order valence-corrected chi connectivity index (χ2v) is 3.58. The van der Waals surface area contributed by atoms with Crippen LogP contribution in [0.15, 0.2) is 12.3 Å². The Morgan fingerprint density at radius 2 is 2.56 bits per heavy atom. The number of ether oxygens (including phenoxy) is 1. The number of morpholine rings is 1. The molecule has 84 valence electrons. The van der Waals surface area contributed by atoms with Crippen molar-refractivity contribution >= 4 is 5.91 Å². The first kappa shape index (κ1) is 10.6. The summed E-state index contributed by atoms with van der Waals surface area (Å²) in [5.41, 5.74) is 0.526. The molecule has 0 aromatic carbocycles. The average Bonchev–Trinajstić information content (AvgIpc) is 2.74. The van der Waals surface area contributed by atoms with Gasteiger partial charge in [-0.25, -0.2) is 0 Å². The molecule has 16 heavy (non-hydrogen) atoms. The van der Waals surface area contributed by atoms with Crippen molar-refractivity contribution in [1.82, 2.24) is 14.7 Å². The fourth-order valence-corrected chi connectivity index (χ4v) is 1.66. The maximum absolute atomic E-state index is 12.0. The SMILES string of the molecule is Cn1nccc1C(=O)N1CCOC(C#N)C1. The maximum Gasteiger partial charge on any atom is 0.272 e. The fourth-order valence-electron chi connectivity index (χ4n) is 1.66. The minimum atomic E-state index is -0.522. The number of hydrogen-bond donors (Lipinski definition) is 0. The van der Waals surface area contributed by atoms with Gasteiger partial charge in [-0.15, -0.1) is 0 Å². The van der Waals surface area contributed by atoms with Crippen LogP contribution in [0.1, 0.15) is 10.5 Å². The third-order valence-electron chi connectivity index (χ3n) is 2.54. The van der Waals surface area contributed by atoms with Crippen LogP contribution in [0.3, 0.4) is 0 Å². The Kier molecular flexibility index (Phi) is 2.88. The number of rotatable bonds is 1. The average molecular weight is 220 g/mol. The summed E-state index contributed by atoms with van der Waals surface area (Å²) in [6.07, 6.45) is 1.06. The highest BCUT2D eigenvalue weighted by molar-refractivity contribution is 5.92. The van der Waals surface area contributed by atoms with Crippen LogP contribution in [-0.2, 0) is 11.8 Å². The summed E-state index contributed by atoms with van der Waals surface area (Å²) in [7, 11) is 1.72. The number of hydrogen-bond acceptors (Lipinski definition) is 4. The van der Waals surface area contributed by atoms with E-state index >= 15 is 0 Å². The highest BCUT2D eigenvalue weighted by Crippen LogP contribution is 2.09. The van der Waals surface area contributed by atoms with Crippen molar-refractivity contribution in [2.24, 2.45) is 7.05 Å². The summed E-state index contributed by atoms with van der Waals surface area (Å²) in [6, 6.07) is 3.68. The Bertz CT molecular complexity index is 434. The number of aryl methyl sites for hydroxylation is 1. The van der Waals surface area contributed by atoms with Crippen LogP contribution in [0, 0.1) is 11.3 Å². The normalized spacial score (nSPS) is 20.5. The van der Waals surface area contributed by atoms with Crippen molar-refractivity contribution in [3.05, 3.63) is 18.0 Å². The molecule has 0 spiro atoms. The lowest BCUT2D eigenvalue weighted by atomic mass is 10.2. The lowest BCUT2D eigenvalue weighted by Gasteiger charge is -2.29. The molecule has 1 amide bonds. The first-order chi connectivity index (χ1) is 7.72. The lowest BCUT2D eigenvalue weighted by Crippen LogP contribution is -2.45. The molecule has 1 fully saturated rings. The standard InChI is InChI=1S/C10H12N4O2/c1-13-9(2-3-12-13)10(15)14-4-5-16-8(6-11)7-14/h2-3,8H,4-5,7H2,1H3. The van der Waals surface area contributed by atoms with Gasteiger partial charge >= 0.3 is 0 Å². The summed E-state index contributed by atoms with van der Waals surface area (Å²) in [5.74, 6) is -0.108. The third-order valence-corrected chi connectivity index (χ3v) is 2.54. The van der Waals surface area contributed by atoms with Crippen LogP contribution in [0.25, 0.3) is 0 Å². The Morgan fingerprint density at radius 3 is 3.19 bits per heavy atom. The maximum atomic E-state index is 12.0. The lowest BCUT2D eigenvalue weighted by molar-refractivity contribution is 0.00297. The predicted molar refractivity (Wildman–Crippen MR) is 54.5 cm³/mol. The molecule has 1 aliphatic rings. The zero-order valence-corrected chi connectivity index (χ0v) is 8.96. The summed E-state index contributed by atoms with van der Waals surface area (Å²) < 4.78 is 6.70. The van der Waals surface area contributed by atoms with Gasteiger partial charge in [-0.3, -0.25) is 9.48 Å². The smallest absolute Gasteiger partial charge is 0.272 e. The van der Waals surface area contributed by atoms with Gasteiger partial charge in [0, 0.05) is 19.8 Å². The van der Waals surface area contributed by atoms with Crippen molar-refractivity contribution in [2.75, 3.05) is 19.7 Å². The second kappa shape index (κ2) is 4.33. The van der Waals surface area contributed by atoms with Crippen LogP contribution in [0.2, 0.25) is 0 Å². The van der Waals surface area contributed by atoms with E-state index in [1.807, 2.05) is 6.07 Å². The van der Waals surface area contributed by atoms with E-state index in [1.54, 1.807) is 24.2 Å². The third kappa shape index (κ3) is 1.90. The molecule has 1 unspecified atom stereocenters. The van der Waals surface area contributed by atoms with Crippen molar-refractivity contribution in [2.45, 2.75) is 6.10 Å². The van der Waals surface area contributed by atoms with Crippen LogP contribution in [0.4, 0.5) is 0 Å². The summed E-state index contributed by atoms with van der Waals surface area (Å²) in [4.78, 5) is 13.7. The first-order valence-electron chi connectivity index (χ1n) is 5.01. The van der Waals surface area contributed by atoms with Crippen molar-refractivity contribution < 1.29 is 9.53 Å². The number of nitrogens with zero attached hydrogens (tertiary/aromatic N) is 4. The zero-order valence-electron chi connectivity index (χ0n) is 8.96. The van der Waals surface area contributed by atoms with Crippen LogP contribution >= 0.6 is 0 Å². The summed E-state index contributed by atoms with van der Waals surface area (Å²) in [6.45, 7) is 1.24. The van der Waals surface area contributed by atoms with E-state index in [9.17, 15) is 4.79 Å². The van der Waals surface area contributed by atoms with Crippen LogP contribution in [-0.4, -0.2) is 46.4 Å². The topological polar surface area (TPSA) is 71.2 Å². The van der Waals surface area contributed by atoms with E-state index in [0.29, 0.717) is 25.4 Å². The van der Waals surface area contributed by atoms with Gasteiger partial charge in [0.2, 0.25) is 0 Å². The Labute approximate surface area is 93.0 Å². The molecule has 1 aromatic rings. The van der Waals surface area contributed by atoms with Crippen molar-refractivity contribution in [3.8, 4) is 6.07 Å². The number of carbonyl (C=O) groups is 1. The van der Waals surface area contributed by atoms with Gasteiger partial charge in [0.15, 0.2) is 6.10 Å². The molecule has 0 N–H and O–H groups in total. The molecule has 1 saturated heterocycles. The molecule has 1 aromatic heterocycles. The van der Waals surface area contributed by atoms with Crippen molar-refractivity contribution in [3.63, 3.8) is 0 Å². The molecule has 6 heteroatoms. The van der Waals surface area contributed by atoms with Gasteiger partial charge in [0.25, 0.3) is 5.91 Å². The zero-order chi connectivity index (χ0) is 11.5. The molecule has 0 bridgehead atoms. The molecule has 1 atom stereocenters. The molecule has 6 nitrogen and oxygen atoms in total. The minimum Gasteiger partial charge on any atom is -0.360 e. The molecule has 0 radical (unpaired) electrons. The quantitative estimate of drug-likeness (QED) is 0.656. The van der Waals surface area contributed by atoms with Crippen LogP contribution in [0.5, 0.6) is 0 Å². The predicted octanol–water partition coefficient (Wildman–Crippen LogP) is -0.215. The van der Waals surface area contributed by atoms with Gasteiger partial charge in [0.05, 0.1) is 19.2 Å². The van der Waals surface area contributed by atoms with Crippen molar-refractivity contribution in [1.29, 1.82) is 5.26 Å². The highest BCUT2D eigenvalue weighted by atomic mass is 16.5. The molecule has 2 heterocycles.